The molecule has 0 aliphatic rings. The Balaban J connectivity index is 0.974. The average Bonchev–Trinajstić information content (AvgIpc) is 4.16. The number of carbonyl (C=O) groups is 8. The number of aryl methyl sites for hydroxylation is 6. The first kappa shape index (κ1) is 51.3. The van der Waals surface area contributed by atoms with Gasteiger partial charge in [-0.15, -0.1) is 0 Å². The Kier molecular flexibility index (Phi) is 15.6. The summed E-state index contributed by atoms with van der Waals surface area (Å²) in [7, 11) is 9.41. The Morgan fingerprint density at radius 2 is 0.778 bits per heavy atom. The number of nitrogens with zero attached hydrogens (tertiary/aromatic N) is 9. The van der Waals surface area contributed by atoms with E-state index in [0.717, 1.165) is 12.2 Å². The lowest BCUT2D eigenvalue weighted by Gasteiger charge is -2.04. The highest BCUT2D eigenvalue weighted by Crippen LogP contribution is 2.20. The minimum absolute atomic E-state index is 0.0000478. The van der Waals surface area contributed by atoms with Gasteiger partial charge in [-0.2, -0.15) is 0 Å². The SMILES string of the molecule is Cn1cc(NC(=O)c2cc(NC(=O)c3cc(NC(=O)/C=C/C(=O)Nc4cn(C)c(C(=O)Nc5cn(C)c(C(=O)Nc6cn(C)c(C(=O)NCCC(=N)N)n6)n5)n4)cn3C)cn2C)cc1C(=O)NCCC(=N)N. The standard InChI is InChI=1S/C43H51N21O8/c1-59-17-23(14-25(59)38(67)48-11-9-28(44)45)51-40(69)27-15-24(18-61(27)3)52-39(68)26-13-22(16-60(26)2)50-33(65)7-8-34(66)53-30-19-63(5)36(54-30)42(71)58-32-21-64(6)37(56-32)43(72)57-31-20-62(4)35(55-31)41(70)49-12-10-29(46)47/h7-8,13-21H,9-12H2,1-6H3,(H3,44,45)(H3,46,47)(H,48,67)(H,49,70)(H,50,65)(H,51,69)(H,52,68)(H,53,66)(H,57,72)(H,58,71)/b8-7+. The lowest BCUT2D eigenvalue weighted by molar-refractivity contribution is -0.114. The third-order valence-electron chi connectivity index (χ3n) is 10.2. The van der Waals surface area contributed by atoms with E-state index >= 15 is 0 Å². The quantitative estimate of drug-likeness (QED) is 0.0276. The molecule has 0 aliphatic carbocycles. The van der Waals surface area contributed by atoms with E-state index in [9.17, 15) is 38.4 Å². The van der Waals surface area contributed by atoms with E-state index < -0.39 is 47.3 Å². The zero-order valence-electron chi connectivity index (χ0n) is 39.6. The minimum atomic E-state index is -0.758. The Bertz CT molecular complexity index is 2980. The van der Waals surface area contributed by atoms with E-state index in [4.69, 9.17) is 22.3 Å². The number of amidine groups is 2. The number of imidazole rings is 3. The molecule has 6 heterocycles. The van der Waals surface area contributed by atoms with Gasteiger partial charge >= 0.3 is 0 Å². The van der Waals surface area contributed by atoms with Gasteiger partial charge in [0, 0.05) is 118 Å². The molecule has 0 bridgehead atoms. The van der Waals surface area contributed by atoms with Crippen molar-refractivity contribution in [1.29, 1.82) is 10.8 Å². The van der Waals surface area contributed by atoms with E-state index in [-0.39, 0.29) is 95.3 Å². The van der Waals surface area contributed by atoms with Crippen molar-refractivity contribution in [2.45, 2.75) is 12.8 Å². The Labute approximate surface area is 408 Å². The first-order valence-electron chi connectivity index (χ1n) is 21.4. The predicted molar refractivity (Wildman–Crippen MR) is 262 cm³/mol. The van der Waals surface area contributed by atoms with Crippen molar-refractivity contribution in [1.82, 2.24) is 53.0 Å². The number of amides is 8. The van der Waals surface area contributed by atoms with Crippen LogP contribution in [0.2, 0.25) is 0 Å². The maximum absolute atomic E-state index is 13.3. The Hall–Kier alpha value is -10.1. The van der Waals surface area contributed by atoms with Crippen molar-refractivity contribution in [2.24, 2.45) is 53.8 Å². The van der Waals surface area contributed by atoms with Crippen LogP contribution in [-0.2, 0) is 51.9 Å². The molecule has 6 aromatic heterocycles. The summed E-state index contributed by atoms with van der Waals surface area (Å²) in [4.78, 5) is 116. The second-order valence-electron chi connectivity index (χ2n) is 16.0. The molecule has 0 aliphatic heterocycles. The van der Waals surface area contributed by atoms with Crippen LogP contribution in [0.25, 0.3) is 0 Å². The normalized spacial score (nSPS) is 10.9. The van der Waals surface area contributed by atoms with Crippen molar-refractivity contribution < 1.29 is 38.4 Å². The molecule has 29 heteroatoms. The lowest BCUT2D eigenvalue weighted by Crippen LogP contribution is -2.29. The monoisotopic (exact) mass is 989 g/mol. The summed E-state index contributed by atoms with van der Waals surface area (Å²) in [6, 6.07) is 4.36. The van der Waals surface area contributed by atoms with Gasteiger partial charge < -0.3 is 81.4 Å². The van der Waals surface area contributed by atoms with Crippen molar-refractivity contribution in [3.63, 3.8) is 0 Å². The van der Waals surface area contributed by atoms with E-state index in [1.807, 2.05) is 0 Å². The summed E-state index contributed by atoms with van der Waals surface area (Å²) in [5.41, 5.74) is 12.1. The van der Waals surface area contributed by atoms with Gasteiger partial charge in [0.2, 0.25) is 29.3 Å². The molecular formula is C43H51N21O8. The van der Waals surface area contributed by atoms with Crippen LogP contribution in [0, 0.1) is 10.8 Å². The maximum Gasteiger partial charge on any atom is 0.292 e. The molecule has 0 fully saturated rings. The van der Waals surface area contributed by atoms with Crippen LogP contribution in [0.1, 0.15) is 76.2 Å². The van der Waals surface area contributed by atoms with Crippen LogP contribution in [0.15, 0.2) is 67.5 Å². The van der Waals surface area contributed by atoms with Gasteiger partial charge in [-0.05, 0) is 18.2 Å². The van der Waals surface area contributed by atoms with Crippen molar-refractivity contribution >= 4 is 93.4 Å². The number of carbonyl (C=O) groups excluding carboxylic acids is 8. The van der Waals surface area contributed by atoms with Crippen molar-refractivity contribution in [3.8, 4) is 0 Å². The molecule has 72 heavy (non-hydrogen) atoms. The molecular weight excluding hydrogens is 939 g/mol. The fourth-order valence-corrected chi connectivity index (χ4v) is 6.82. The van der Waals surface area contributed by atoms with Crippen LogP contribution in [0.5, 0.6) is 0 Å². The summed E-state index contributed by atoms with van der Waals surface area (Å²) < 4.78 is 8.59. The number of nitrogens with one attached hydrogen (secondary N) is 10. The second-order valence-corrected chi connectivity index (χ2v) is 16.0. The molecule has 376 valence electrons. The van der Waals surface area contributed by atoms with Gasteiger partial charge in [0.15, 0.2) is 17.5 Å². The number of hydrogen-bond donors (Lipinski definition) is 12. The molecule has 0 saturated heterocycles. The average molecular weight is 990 g/mol. The molecule has 14 N–H and O–H groups in total. The molecule has 0 saturated carbocycles. The zero-order valence-corrected chi connectivity index (χ0v) is 39.6. The zero-order chi connectivity index (χ0) is 52.6. The summed E-state index contributed by atoms with van der Waals surface area (Å²) in [5.74, 6) is -5.29. The third kappa shape index (κ3) is 12.9. The van der Waals surface area contributed by atoms with Crippen LogP contribution in [-0.4, -0.2) is 114 Å². The molecule has 0 aromatic carbocycles. The topological polar surface area (TPSA) is 401 Å². The van der Waals surface area contributed by atoms with Gasteiger partial charge in [0.05, 0.1) is 28.7 Å². The molecule has 0 radical (unpaired) electrons. The minimum Gasteiger partial charge on any atom is -0.388 e. The van der Waals surface area contributed by atoms with Gasteiger partial charge in [-0.3, -0.25) is 49.2 Å². The first-order chi connectivity index (χ1) is 34.0. The Morgan fingerprint density at radius 3 is 1.18 bits per heavy atom. The van der Waals surface area contributed by atoms with Crippen molar-refractivity contribution in [2.75, 3.05) is 45.0 Å². The highest BCUT2D eigenvalue weighted by atomic mass is 16.2. The Morgan fingerprint density at radius 1 is 0.444 bits per heavy atom. The fraction of sp³-hybridized carbons (Fsp3) is 0.233. The van der Waals surface area contributed by atoms with Gasteiger partial charge in [-0.1, -0.05) is 0 Å². The van der Waals surface area contributed by atoms with Gasteiger partial charge in [-0.25, -0.2) is 15.0 Å². The second kappa shape index (κ2) is 21.9. The number of anilines is 6. The fourth-order valence-electron chi connectivity index (χ4n) is 6.82. The van der Waals surface area contributed by atoms with E-state index in [1.165, 1.54) is 90.7 Å². The number of hydrogen-bond acceptors (Lipinski definition) is 13. The lowest BCUT2D eigenvalue weighted by atomic mass is 10.3. The predicted octanol–water partition coefficient (Wildman–Crippen LogP) is 0.157. The van der Waals surface area contributed by atoms with E-state index in [2.05, 4.69) is 57.5 Å². The molecule has 6 aromatic rings. The molecule has 0 spiro atoms. The van der Waals surface area contributed by atoms with Gasteiger partial charge in [0.1, 0.15) is 17.1 Å². The molecule has 29 nitrogen and oxygen atoms in total. The summed E-state index contributed by atoms with van der Waals surface area (Å²) in [6.45, 7) is 0.311. The van der Waals surface area contributed by atoms with Crippen LogP contribution < -0.4 is 54.0 Å². The summed E-state index contributed by atoms with van der Waals surface area (Å²) >= 11 is 0. The summed E-state index contributed by atoms with van der Waals surface area (Å²) in [6.07, 6.45) is 11.0. The number of rotatable bonds is 20. The van der Waals surface area contributed by atoms with E-state index in [0.29, 0.717) is 11.4 Å². The molecule has 6 rings (SSSR count). The number of aromatic nitrogens is 9. The van der Waals surface area contributed by atoms with E-state index in [1.54, 1.807) is 34.4 Å². The third-order valence-corrected chi connectivity index (χ3v) is 10.2. The molecule has 0 unspecified atom stereocenters. The van der Waals surface area contributed by atoms with Crippen molar-refractivity contribution in [3.05, 3.63) is 102 Å². The molecule has 0 atom stereocenters. The maximum atomic E-state index is 13.3. The molecule has 8 amide bonds. The summed E-state index contributed by atoms with van der Waals surface area (Å²) in [5, 5.41) is 35.4. The van der Waals surface area contributed by atoms with Crippen LogP contribution >= 0.6 is 0 Å². The highest BCUT2D eigenvalue weighted by Gasteiger charge is 2.23. The van der Waals surface area contributed by atoms with Crippen LogP contribution in [0.3, 0.4) is 0 Å². The highest BCUT2D eigenvalue weighted by molar-refractivity contribution is 6.10. The van der Waals surface area contributed by atoms with Gasteiger partial charge in [0.25, 0.3) is 35.4 Å². The van der Waals surface area contributed by atoms with Crippen LogP contribution in [0.4, 0.5) is 34.5 Å². The smallest absolute Gasteiger partial charge is 0.292 e. The largest absolute Gasteiger partial charge is 0.388 e. The number of nitrogens with two attached hydrogens (primary N) is 2. The first-order valence-corrected chi connectivity index (χ1v) is 21.4.